The fourth-order valence-corrected chi connectivity index (χ4v) is 3.42. The van der Waals surface area contributed by atoms with Crippen molar-refractivity contribution in [2.75, 3.05) is 17.7 Å². The van der Waals surface area contributed by atoms with Gasteiger partial charge in [-0.15, -0.1) is 0 Å². The second-order valence-corrected chi connectivity index (χ2v) is 6.87. The van der Waals surface area contributed by atoms with E-state index in [1.54, 1.807) is 12.4 Å². The van der Waals surface area contributed by atoms with Crippen molar-refractivity contribution in [1.29, 1.82) is 0 Å². The molecule has 4 rings (SSSR count). The van der Waals surface area contributed by atoms with Crippen LogP contribution in [0.2, 0.25) is 0 Å². The molecule has 0 spiro atoms. The van der Waals surface area contributed by atoms with Gasteiger partial charge in [-0.05, 0) is 20.3 Å². The minimum absolute atomic E-state index is 0.0538. The van der Waals surface area contributed by atoms with Crippen LogP contribution in [-0.2, 0) is 18.3 Å². The lowest BCUT2D eigenvalue weighted by Gasteiger charge is -2.23. The molecule has 148 valence electrons. The first kappa shape index (κ1) is 18.3. The summed E-state index contributed by atoms with van der Waals surface area (Å²) in [5.74, 6) is 0.683. The zero-order chi connectivity index (χ0) is 20.1. The summed E-state index contributed by atoms with van der Waals surface area (Å²) in [6.45, 7) is 4.72. The molecule has 0 saturated carbocycles. The maximum Gasteiger partial charge on any atom is 0.421 e. The highest BCUT2D eigenvalue weighted by atomic mass is 19.4. The normalized spacial score (nSPS) is 18.9. The van der Waals surface area contributed by atoms with Gasteiger partial charge in [-0.2, -0.15) is 23.3 Å². The van der Waals surface area contributed by atoms with Crippen LogP contribution in [0.15, 0.2) is 24.8 Å². The highest BCUT2D eigenvalue weighted by molar-refractivity contribution is 5.58. The molecular formula is C17H19F3N8. The van der Waals surface area contributed by atoms with Crippen molar-refractivity contribution in [3.8, 4) is 0 Å². The van der Waals surface area contributed by atoms with Gasteiger partial charge in [0.15, 0.2) is 0 Å². The SMILES string of the molecule is CNc1nc(Nc2cn(C3(C)CCn4ccnc43)nc2C)ncc1C(F)(F)F. The van der Waals surface area contributed by atoms with Crippen LogP contribution < -0.4 is 10.6 Å². The van der Waals surface area contributed by atoms with Gasteiger partial charge in [-0.25, -0.2) is 9.97 Å². The van der Waals surface area contributed by atoms with Gasteiger partial charge in [0.05, 0.1) is 11.4 Å². The Morgan fingerprint density at radius 3 is 2.75 bits per heavy atom. The molecule has 1 unspecified atom stereocenters. The molecule has 11 heteroatoms. The molecule has 0 aliphatic carbocycles. The van der Waals surface area contributed by atoms with E-state index in [2.05, 4.69) is 42.2 Å². The largest absolute Gasteiger partial charge is 0.421 e. The number of anilines is 3. The standard InChI is InChI=1S/C17H19F3N8/c1-10-12(24-15-23-8-11(17(18,19)20)13(21-3)25-15)9-28(26-10)16(2)4-6-27-7-5-22-14(16)27/h5,7-9H,4,6H2,1-3H3,(H2,21,23,24,25). The average Bonchev–Trinajstić information content (AvgIpc) is 3.33. The molecule has 0 aromatic carbocycles. The number of aromatic nitrogens is 6. The van der Waals surface area contributed by atoms with Crippen molar-refractivity contribution in [2.45, 2.75) is 38.5 Å². The number of hydrogen-bond donors (Lipinski definition) is 2. The lowest BCUT2D eigenvalue weighted by atomic mass is 10.0. The summed E-state index contributed by atoms with van der Waals surface area (Å²) in [7, 11) is 1.38. The number of imidazole rings is 1. The van der Waals surface area contributed by atoms with Crippen LogP contribution in [0.3, 0.4) is 0 Å². The third kappa shape index (κ3) is 2.86. The van der Waals surface area contributed by atoms with E-state index >= 15 is 0 Å². The van der Waals surface area contributed by atoms with Crippen molar-refractivity contribution in [2.24, 2.45) is 0 Å². The van der Waals surface area contributed by atoms with E-state index in [-0.39, 0.29) is 11.8 Å². The molecular weight excluding hydrogens is 373 g/mol. The molecule has 4 heterocycles. The smallest absolute Gasteiger partial charge is 0.372 e. The molecule has 8 nitrogen and oxygen atoms in total. The monoisotopic (exact) mass is 392 g/mol. The Balaban J connectivity index is 1.64. The number of rotatable bonds is 4. The average molecular weight is 392 g/mol. The first-order chi connectivity index (χ1) is 13.2. The summed E-state index contributed by atoms with van der Waals surface area (Å²) in [5.41, 5.74) is -0.0160. The number of aryl methyl sites for hydroxylation is 2. The van der Waals surface area contributed by atoms with Gasteiger partial charge in [0.1, 0.15) is 22.7 Å². The van der Waals surface area contributed by atoms with Crippen LogP contribution in [-0.4, -0.2) is 36.3 Å². The summed E-state index contributed by atoms with van der Waals surface area (Å²) in [4.78, 5) is 12.2. The predicted octanol–water partition coefficient (Wildman–Crippen LogP) is 3.15. The maximum atomic E-state index is 13.0. The first-order valence-electron chi connectivity index (χ1n) is 8.70. The minimum Gasteiger partial charge on any atom is -0.372 e. The van der Waals surface area contributed by atoms with E-state index < -0.39 is 17.3 Å². The molecule has 0 saturated heterocycles. The van der Waals surface area contributed by atoms with E-state index in [0.29, 0.717) is 11.4 Å². The summed E-state index contributed by atoms with van der Waals surface area (Å²) in [6, 6.07) is 0. The molecule has 2 N–H and O–H groups in total. The Kier molecular flexibility index (Phi) is 4.05. The lowest BCUT2D eigenvalue weighted by Crippen LogP contribution is -2.30. The number of fused-ring (bicyclic) bond motifs is 1. The third-order valence-electron chi connectivity index (χ3n) is 5.02. The van der Waals surface area contributed by atoms with E-state index in [1.165, 1.54) is 7.05 Å². The van der Waals surface area contributed by atoms with E-state index in [4.69, 9.17) is 0 Å². The van der Waals surface area contributed by atoms with Crippen LogP contribution in [0, 0.1) is 6.92 Å². The van der Waals surface area contributed by atoms with E-state index in [1.807, 2.05) is 17.8 Å². The minimum atomic E-state index is -4.53. The lowest BCUT2D eigenvalue weighted by molar-refractivity contribution is -0.137. The first-order valence-corrected chi connectivity index (χ1v) is 8.70. The van der Waals surface area contributed by atoms with Crippen LogP contribution in [0.4, 0.5) is 30.6 Å². The Labute approximate surface area is 158 Å². The molecule has 1 aliphatic rings. The number of nitrogens with one attached hydrogen (secondary N) is 2. The van der Waals surface area contributed by atoms with Crippen molar-refractivity contribution in [3.05, 3.63) is 41.9 Å². The van der Waals surface area contributed by atoms with Gasteiger partial charge in [0, 0.05) is 38.4 Å². The predicted molar refractivity (Wildman–Crippen MR) is 96.4 cm³/mol. The van der Waals surface area contributed by atoms with Crippen LogP contribution >= 0.6 is 0 Å². The molecule has 28 heavy (non-hydrogen) atoms. The molecule has 0 fully saturated rings. The van der Waals surface area contributed by atoms with Gasteiger partial charge in [-0.1, -0.05) is 0 Å². The molecule has 0 amide bonds. The zero-order valence-electron chi connectivity index (χ0n) is 15.5. The van der Waals surface area contributed by atoms with Crippen molar-refractivity contribution < 1.29 is 13.2 Å². The zero-order valence-corrected chi connectivity index (χ0v) is 15.5. The van der Waals surface area contributed by atoms with Crippen molar-refractivity contribution >= 4 is 17.5 Å². The quantitative estimate of drug-likeness (QED) is 0.710. The molecule has 1 atom stereocenters. The fourth-order valence-electron chi connectivity index (χ4n) is 3.42. The Morgan fingerprint density at radius 2 is 2.04 bits per heavy atom. The topological polar surface area (TPSA) is 85.5 Å². The van der Waals surface area contributed by atoms with Gasteiger partial charge in [-0.3, -0.25) is 4.68 Å². The second-order valence-electron chi connectivity index (χ2n) is 6.87. The number of nitrogens with zero attached hydrogens (tertiary/aromatic N) is 6. The van der Waals surface area contributed by atoms with Crippen LogP contribution in [0.25, 0.3) is 0 Å². The highest BCUT2D eigenvalue weighted by Gasteiger charge is 2.39. The third-order valence-corrected chi connectivity index (χ3v) is 5.02. The highest BCUT2D eigenvalue weighted by Crippen LogP contribution is 2.36. The van der Waals surface area contributed by atoms with Gasteiger partial charge in [0.2, 0.25) is 5.95 Å². The van der Waals surface area contributed by atoms with Crippen molar-refractivity contribution in [3.63, 3.8) is 0 Å². The summed E-state index contributed by atoms with van der Waals surface area (Å²) < 4.78 is 42.9. The van der Waals surface area contributed by atoms with E-state index in [9.17, 15) is 13.2 Å². The maximum absolute atomic E-state index is 13.0. The molecule has 1 aliphatic heterocycles. The second kappa shape index (κ2) is 6.21. The number of alkyl halides is 3. The van der Waals surface area contributed by atoms with Gasteiger partial charge < -0.3 is 15.2 Å². The summed E-state index contributed by atoms with van der Waals surface area (Å²) in [6.07, 6.45) is 2.58. The molecule has 3 aromatic rings. The Hall–Kier alpha value is -3.11. The van der Waals surface area contributed by atoms with Crippen LogP contribution in [0.1, 0.15) is 30.4 Å². The number of halogens is 3. The Morgan fingerprint density at radius 1 is 1.25 bits per heavy atom. The van der Waals surface area contributed by atoms with Crippen LogP contribution in [0.5, 0.6) is 0 Å². The molecule has 0 bridgehead atoms. The molecule has 3 aromatic heterocycles. The number of hydrogen-bond acceptors (Lipinski definition) is 6. The van der Waals surface area contributed by atoms with Gasteiger partial charge >= 0.3 is 6.18 Å². The van der Waals surface area contributed by atoms with E-state index in [0.717, 1.165) is 25.0 Å². The van der Waals surface area contributed by atoms with Crippen molar-refractivity contribution in [1.82, 2.24) is 29.3 Å². The fraction of sp³-hybridized carbons (Fsp3) is 0.412. The van der Waals surface area contributed by atoms with Gasteiger partial charge in [0.25, 0.3) is 0 Å². The molecule has 0 radical (unpaired) electrons. The summed E-state index contributed by atoms with van der Waals surface area (Å²) in [5, 5.41) is 10.0. The summed E-state index contributed by atoms with van der Waals surface area (Å²) >= 11 is 0. The Bertz CT molecular complexity index is 1020.